The van der Waals surface area contributed by atoms with Gasteiger partial charge >= 0.3 is 0 Å². The number of pyridine rings is 2. The molecule has 0 bridgehead atoms. The fourth-order valence-electron chi connectivity index (χ4n) is 2.56. The van der Waals surface area contributed by atoms with E-state index >= 15 is 0 Å². The molecule has 3 heteroatoms. The molecule has 0 saturated heterocycles. The minimum absolute atomic E-state index is 0.377. The maximum absolute atomic E-state index is 5.41. The fraction of sp³-hybridized carbons (Fsp3) is 0.412. The second kappa shape index (κ2) is 6.51. The Hall–Kier alpha value is -1.90. The Kier molecular flexibility index (Phi) is 4.72. The highest BCUT2D eigenvalue weighted by atomic mass is 16.5. The minimum atomic E-state index is 0.377. The zero-order valence-corrected chi connectivity index (χ0v) is 12.7. The lowest BCUT2D eigenvalue weighted by atomic mass is 9.94. The molecule has 0 N–H and O–H groups in total. The summed E-state index contributed by atoms with van der Waals surface area (Å²) in [4.78, 5) is 8.86. The van der Waals surface area contributed by atoms with Crippen LogP contribution in [0.5, 0.6) is 5.88 Å². The van der Waals surface area contributed by atoms with Gasteiger partial charge in [0.1, 0.15) is 0 Å². The SMILES string of the molecule is CCc1cccnc1Cc1ccnc(OC)c1C(C)C. The van der Waals surface area contributed by atoms with Gasteiger partial charge in [-0.3, -0.25) is 4.98 Å². The van der Waals surface area contributed by atoms with E-state index in [0.717, 1.165) is 24.4 Å². The standard InChI is InChI=1S/C17H22N2O/c1-5-13-7-6-9-18-15(13)11-14-8-10-19-17(20-4)16(14)12(2)3/h6-10,12H,5,11H2,1-4H3. The molecule has 0 aliphatic heterocycles. The molecule has 3 nitrogen and oxygen atoms in total. The summed E-state index contributed by atoms with van der Waals surface area (Å²) in [5.74, 6) is 1.11. The first-order chi connectivity index (χ1) is 9.67. The van der Waals surface area contributed by atoms with Crippen molar-refractivity contribution in [2.45, 2.75) is 39.5 Å². The van der Waals surface area contributed by atoms with Gasteiger partial charge in [0.2, 0.25) is 5.88 Å². The molecular weight excluding hydrogens is 248 g/mol. The Morgan fingerprint density at radius 1 is 1.10 bits per heavy atom. The van der Waals surface area contributed by atoms with E-state index in [1.807, 2.05) is 18.5 Å². The van der Waals surface area contributed by atoms with Crippen LogP contribution in [0.2, 0.25) is 0 Å². The van der Waals surface area contributed by atoms with Gasteiger partial charge in [-0.25, -0.2) is 4.98 Å². The first kappa shape index (κ1) is 14.5. The zero-order chi connectivity index (χ0) is 14.5. The third-order valence-electron chi connectivity index (χ3n) is 3.54. The number of hydrogen-bond acceptors (Lipinski definition) is 3. The molecule has 2 rings (SSSR count). The van der Waals surface area contributed by atoms with E-state index < -0.39 is 0 Å². The molecule has 2 heterocycles. The number of nitrogens with zero attached hydrogens (tertiary/aromatic N) is 2. The summed E-state index contributed by atoms with van der Waals surface area (Å²) in [6.45, 7) is 6.50. The van der Waals surface area contributed by atoms with Gasteiger partial charge in [0, 0.05) is 30.1 Å². The lowest BCUT2D eigenvalue weighted by Gasteiger charge is -2.16. The Morgan fingerprint density at radius 2 is 1.90 bits per heavy atom. The highest BCUT2D eigenvalue weighted by molar-refractivity contribution is 5.40. The van der Waals surface area contributed by atoms with Gasteiger partial charge in [0.05, 0.1) is 7.11 Å². The zero-order valence-electron chi connectivity index (χ0n) is 12.7. The molecule has 0 atom stereocenters. The normalized spacial score (nSPS) is 10.8. The fourth-order valence-corrected chi connectivity index (χ4v) is 2.56. The van der Waals surface area contributed by atoms with Crippen molar-refractivity contribution in [1.82, 2.24) is 9.97 Å². The second-order valence-electron chi connectivity index (χ2n) is 5.19. The maximum atomic E-state index is 5.41. The van der Waals surface area contributed by atoms with E-state index in [1.54, 1.807) is 7.11 Å². The summed E-state index contributed by atoms with van der Waals surface area (Å²) in [6.07, 6.45) is 5.51. The minimum Gasteiger partial charge on any atom is -0.481 e. The van der Waals surface area contributed by atoms with Crippen molar-refractivity contribution < 1.29 is 4.74 Å². The van der Waals surface area contributed by atoms with Crippen LogP contribution in [0.1, 0.15) is 49.1 Å². The number of aromatic nitrogens is 2. The maximum Gasteiger partial charge on any atom is 0.216 e. The van der Waals surface area contributed by atoms with Crippen molar-refractivity contribution >= 4 is 0 Å². The van der Waals surface area contributed by atoms with Crippen LogP contribution >= 0.6 is 0 Å². The van der Waals surface area contributed by atoms with Gasteiger partial charge in [-0.2, -0.15) is 0 Å². The lowest BCUT2D eigenvalue weighted by Crippen LogP contribution is -2.05. The number of methoxy groups -OCH3 is 1. The van der Waals surface area contributed by atoms with Crippen molar-refractivity contribution in [2.24, 2.45) is 0 Å². The highest BCUT2D eigenvalue weighted by Gasteiger charge is 2.15. The van der Waals surface area contributed by atoms with Gasteiger partial charge in [0.15, 0.2) is 0 Å². The number of ether oxygens (including phenoxy) is 1. The Balaban J connectivity index is 2.43. The Bertz CT molecular complexity index is 579. The summed E-state index contributed by atoms with van der Waals surface area (Å²) < 4.78 is 5.41. The molecule has 0 aliphatic rings. The molecule has 2 aromatic heterocycles. The van der Waals surface area contributed by atoms with Crippen molar-refractivity contribution in [3.05, 3.63) is 53.0 Å². The molecule has 0 saturated carbocycles. The monoisotopic (exact) mass is 270 g/mol. The third kappa shape index (κ3) is 2.98. The number of rotatable bonds is 5. The topological polar surface area (TPSA) is 35.0 Å². The predicted molar refractivity (Wildman–Crippen MR) is 81.3 cm³/mol. The van der Waals surface area contributed by atoms with E-state index in [1.165, 1.54) is 16.7 Å². The molecule has 0 spiro atoms. The molecular formula is C17H22N2O. The largest absolute Gasteiger partial charge is 0.481 e. The average molecular weight is 270 g/mol. The van der Waals surface area contributed by atoms with Crippen molar-refractivity contribution in [3.63, 3.8) is 0 Å². The van der Waals surface area contributed by atoms with Gasteiger partial charge in [-0.1, -0.05) is 26.8 Å². The molecule has 0 fully saturated rings. The van der Waals surface area contributed by atoms with E-state index in [4.69, 9.17) is 4.74 Å². The first-order valence-electron chi connectivity index (χ1n) is 7.11. The van der Waals surface area contributed by atoms with E-state index in [2.05, 4.69) is 42.9 Å². The van der Waals surface area contributed by atoms with Crippen molar-refractivity contribution in [3.8, 4) is 5.88 Å². The lowest BCUT2D eigenvalue weighted by molar-refractivity contribution is 0.389. The summed E-state index contributed by atoms with van der Waals surface area (Å²) in [5.41, 5.74) is 4.88. The van der Waals surface area contributed by atoms with E-state index in [0.29, 0.717) is 5.92 Å². The second-order valence-corrected chi connectivity index (χ2v) is 5.19. The van der Waals surface area contributed by atoms with Crippen molar-refractivity contribution in [1.29, 1.82) is 0 Å². The van der Waals surface area contributed by atoms with Gasteiger partial charge in [-0.05, 0) is 35.6 Å². The summed E-state index contributed by atoms with van der Waals surface area (Å²) in [5, 5.41) is 0. The van der Waals surface area contributed by atoms with Crippen LogP contribution in [0, 0.1) is 0 Å². The summed E-state index contributed by atoms with van der Waals surface area (Å²) in [7, 11) is 1.68. The highest BCUT2D eigenvalue weighted by Crippen LogP contribution is 2.29. The van der Waals surface area contributed by atoms with Crippen LogP contribution in [-0.4, -0.2) is 17.1 Å². The van der Waals surface area contributed by atoms with Crippen LogP contribution in [-0.2, 0) is 12.8 Å². The molecule has 0 amide bonds. The molecule has 2 aromatic rings. The summed E-state index contributed by atoms with van der Waals surface area (Å²) >= 11 is 0. The summed E-state index contributed by atoms with van der Waals surface area (Å²) in [6, 6.07) is 6.22. The average Bonchev–Trinajstić information content (AvgIpc) is 2.47. The van der Waals surface area contributed by atoms with Gasteiger partial charge in [0.25, 0.3) is 0 Å². The smallest absolute Gasteiger partial charge is 0.216 e. The van der Waals surface area contributed by atoms with Gasteiger partial charge < -0.3 is 4.74 Å². The van der Waals surface area contributed by atoms with E-state index in [-0.39, 0.29) is 0 Å². The predicted octanol–water partition coefficient (Wildman–Crippen LogP) is 3.76. The van der Waals surface area contributed by atoms with Crippen LogP contribution in [0.25, 0.3) is 0 Å². The van der Waals surface area contributed by atoms with Crippen LogP contribution < -0.4 is 4.74 Å². The molecule has 0 unspecified atom stereocenters. The number of hydrogen-bond donors (Lipinski definition) is 0. The quantitative estimate of drug-likeness (QED) is 0.829. The molecule has 0 aliphatic carbocycles. The van der Waals surface area contributed by atoms with E-state index in [9.17, 15) is 0 Å². The molecule has 0 radical (unpaired) electrons. The Morgan fingerprint density at radius 3 is 2.55 bits per heavy atom. The van der Waals surface area contributed by atoms with Crippen LogP contribution in [0.15, 0.2) is 30.6 Å². The van der Waals surface area contributed by atoms with Gasteiger partial charge in [-0.15, -0.1) is 0 Å². The van der Waals surface area contributed by atoms with Crippen LogP contribution in [0.3, 0.4) is 0 Å². The Labute approximate surface area is 121 Å². The molecule has 106 valence electrons. The first-order valence-corrected chi connectivity index (χ1v) is 7.11. The third-order valence-corrected chi connectivity index (χ3v) is 3.54. The van der Waals surface area contributed by atoms with Crippen molar-refractivity contribution in [2.75, 3.05) is 7.11 Å². The van der Waals surface area contributed by atoms with Crippen LogP contribution in [0.4, 0.5) is 0 Å². The molecule has 20 heavy (non-hydrogen) atoms. The number of aryl methyl sites for hydroxylation is 1. The molecule has 0 aromatic carbocycles.